The van der Waals surface area contributed by atoms with Crippen molar-refractivity contribution in [1.29, 1.82) is 0 Å². The SMILES string of the molecule is O=C(C1Cc2ccccc2O1)N1CCC(Br)CC1. The van der Waals surface area contributed by atoms with E-state index >= 15 is 0 Å². The van der Waals surface area contributed by atoms with Gasteiger partial charge in [-0.25, -0.2) is 0 Å². The van der Waals surface area contributed by atoms with Crippen LogP contribution in [-0.4, -0.2) is 34.8 Å². The van der Waals surface area contributed by atoms with E-state index in [1.807, 2.05) is 29.2 Å². The predicted molar refractivity (Wildman–Crippen MR) is 73.1 cm³/mol. The van der Waals surface area contributed by atoms with Crippen molar-refractivity contribution in [1.82, 2.24) is 4.90 Å². The molecule has 1 fully saturated rings. The van der Waals surface area contributed by atoms with Crippen LogP contribution in [0.25, 0.3) is 0 Å². The molecule has 0 aromatic heterocycles. The summed E-state index contributed by atoms with van der Waals surface area (Å²) in [4.78, 5) is 14.9. The number of rotatable bonds is 1. The second kappa shape index (κ2) is 4.92. The van der Waals surface area contributed by atoms with E-state index in [0.29, 0.717) is 11.2 Å². The number of amides is 1. The van der Waals surface area contributed by atoms with Crippen molar-refractivity contribution in [3.63, 3.8) is 0 Å². The van der Waals surface area contributed by atoms with Gasteiger partial charge in [-0.1, -0.05) is 34.1 Å². The normalized spacial score (nSPS) is 23.6. The van der Waals surface area contributed by atoms with Crippen LogP contribution in [0.2, 0.25) is 0 Å². The summed E-state index contributed by atoms with van der Waals surface area (Å²) < 4.78 is 5.75. The third kappa shape index (κ3) is 2.26. The Morgan fingerprint density at radius 1 is 1.28 bits per heavy atom. The topological polar surface area (TPSA) is 29.5 Å². The summed E-state index contributed by atoms with van der Waals surface area (Å²) in [5.41, 5.74) is 1.14. The zero-order chi connectivity index (χ0) is 12.5. The number of ether oxygens (including phenoxy) is 1. The van der Waals surface area contributed by atoms with Crippen molar-refractivity contribution < 1.29 is 9.53 Å². The minimum absolute atomic E-state index is 0.144. The van der Waals surface area contributed by atoms with Crippen LogP contribution in [-0.2, 0) is 11.2 Å². The van der Waals surface area contributed by atoms with E-state index in [2.05, 4.69) is 15.9 Å². The third-order valence-corrected chi connectivity index (χ3v) is 4.57. The van der Waals surface area contributed by atoms with Gasteiger partial charge < -0.3 is 9.64 Å². The number of likely N-dealkylation sites (tertiary alicyclic amines) is 1. The molecule has 96 valence electrons. The Morgan fingerprint density at radius 2 is 2.00 bits per heavy atom. The van der Waals surface area contributed by atoms with Gasteiger partial charge in [0.25, 0.3) is 5.91 Å². The molecule has 4 heteroatoms. The van der Waals surface area contributed by atoms with Gasteiger partial charge in [-0.05, 0) is 24.5 Å². The lowest BCUT2D eigenvalue weighted by atomic mass is 10.1. The van der Waals surface area contributed by atoms with Crippen LogP contribution < -0.4 is 4.74 Å². The summed E-state index contributed by atoms with van der Waals surface area (Å²) in [6.45, 7) is 1.68. The van der Waals surface area contributed by atoms with Crippen molar-refractivity contribution >= 4 is 21.8 Å². The number of para-hydroxylation sites is 1. The second-order valence-corrected chi connectivity index (χ2v) is 6.21. The summed E-state index contributed by atoms with van der Waals surface area (Å²) in [5, 5.41) is 0. The monoisotopic (exact) mass is 309 g/mol. The Bertz CT molecular complexity index is 430. The zero-order valence-electron chi connectivity index (χ0n) is 10.1. The summed E-state index contributed by atoms with van der Waals surface area (Å²) in [6.07, 6.45) is 2.47. The van der Waals surface area contributed by atoms with Gasteiger partial charge in [0.05, 0.1) is 0 Å². The average Bonchev–Trinajstić information content (AvgIpc) is 2.82. The van der Waals surface area contributed by atoms with Crippen LogP contribution in [0.3, 0.4) is 0 Å². The number of nitrogens with zero attached hydrogens (tertiary/aromatic N) is 1. The van der Waals surface area contributed by atoms with Crippen LogP contribution in [0.1, 0.15) is 18.4 Å². The van der Waals surface area contributed by atoms with E-state index in [1.54, 1.807) is 0 Å². The standard InChI is InChI=1S/C14H16BrNO2/c15-11-5-7-16(8-6-11)14(17)13-9-10-3-1-2-4-12(10)18-13/h1-4,11,13H,5-9H2. The van der Waals surface area contributed by atoms with Crippen LogP contribution in [0, 0.1) is 0 Å². The van der Waals surface area contributed by atoms with Gasteiger partial charge >= 0.3 is 0 Å². The smallest absolute Gasteiger partial charge is 0.263 e. The van der Waals surface area contributed by atoms with Gasteiger partial charge in [0.2, 0.25) is 0 Å². The molecule has 1 aromatic carbocycles. The molecule has 3 rings (SSSR count). The van der Waals surface area contributed by atoms with Crippen molar-refractivity contribution in [2.45, 2.75) is 30.2 Å². The summed E-state index contributed by atoms with van der Waals surface area (Å²) in [5.74, 6) is 1.01. The highest BCUT2D eigenvalue weighted by Crippen LogP contribution is 2.29. The van der Waals surface area contributed by atoms with Crippen molar-refractivity contribution in [3.05, 3.63) is 29.8 Å². The van der Waals surface area contributed by atoms with E-state index in [1.165, 1.54) is 0 Å². The maximum atomic E-state index is 12.4. The first-order valence-corrected chi connectivity index (χ1v) is 7.33. The molecule has 1 unspecified atom stereocenters. The van der Waals surface area contributed by atoms with Crippen molar-refractivity contribution in [2.24, 2.45) is 0 Å². The van der Waals surface area contributed by atoms with Crippen LogP contribution in [0.4, 0.5) is 0 Å². The number of benzene rings is 1. The highest BCUT2D eigenvalue weighted by atomic mass is 79.9. The Labute approximate surface area is 115 Å². The third-order valence-electron chi connectivity index (χ3n) is 3.66. The van der Waals surface area contributed by atoms with Crippen LogP contribution in [0.15, 0.2) is 24.3 Å². The molecule has 0 saturated carbocycles. The van der Waals surface area contributed by atoms with Gasteiger partial charge in [-0.2, -0.15) is 0 Å². The van der Waals surface area contributed by atoms with Crippen molar-refractivity contribution in [2.75, 3.05) is 13.1 Å². The summed E-state index contributed by atoms with van der Waals surface area (Å²) in [7, 11) is 0. The quantitative estimate of drug-likeness (QED) is 0.745. The Kier molecular flexibility index (Phi) is 3.29. The molecule has 1 aromatic rings. The number of fused-ring (bicyclic) bond motifs is 1. The highest BCUT2D eigenvalue weighted by Gasteiger charge is 2.33. The summed E-state index contributed by atoms with van der Waals surface area (Å²) >= 11 is 3.60. The van der Waals surface area contributed by atoms with Crippen LogP contribution >= 0.6 is 15.9 Å². The van der Waals surface area contributed by atoms with Gasteiger partial charge in [0, 0.05) is 24.3 Å². The molecule has 0 spiro atoms. The molecule has 0 N–H and O–H groups in total. The van der Waals surface area contributed by atoms with Crippen molar-refractivity contribution in [3.8, 4) is 5.75 Å². The molecule has 2 aliphatic heterocycles. The molecule has 1 amide bonds. The lowest BCUT2D eigenvalue weighted by Gasteiger charge is -2.31. The average molecular weight is 310 g/mol. The fraction of sp³-hybridized carbons (Fsp3) is 0.500. The molecule has 0 aliphatic carbocycles. The van der Waals surface area contributed by atoms with Crippen LogP contribution in [0.5, 0.6) is 5.75 Å². The number of hydrogen-bond acceptors (Lipinski definition) is 2. The lowest BCUT2D eigenvalue weighted by Crippen LogP contribution is -2.45. The molecular weight excluding hydrogens is 294 g/mol. The number of carbonyl (C=O) groups is 1. The minimum Gasteiger partial charge on any atom is -0.480 e. The van der Waals surface area contributed by atoms with Gasteiger partial charge in [0.15, 0.2) is 6.10 Å². The molecule has 3 nitrogen and oxygen atoms in total. The largest absolute Gasteiger partial charge is 0.480 e. The molecule has 18 heavy (non-hydrogen) atoms. The first-order chi connectivity index (χ1) is 8.74. The number of carbonyl (C=O) groups excluding carboxylic acids is 1. The first-order valence-electron chi connectivity index (χ1n) is 6.41. The van der Waals surface area contributed by atoms with E-state index in [9.17, 15) is 4.79 Å². The fourth-order valence-electron chi connectivity index (χ4n) is 2.59. The highest BCUT2D eigenvalue weighted by molar-refractivity contribution is 9.09. The molecule has 1 atom stereocenters. The maximum absolute atomic E-state index is 12.4. The maximum Gasteiger partial charge on any atom is 0.263 e. The molecule has 1 saturated heterocycles. The number of alkyl halides is 1. The zero-order valence-corrected chi connectivity index (χ0v) is 11.7. The Balaban J connectivity index is 1.65. The van der Waals surface area contributed by atoms with Gasteiger partial charge in [-0.15, -0.1) is 0 Å². The van der Waals surface area contributed by atoms with E-state index in [-0.39, 0.29) is 12.0 Å². The Morgan fingerprint density at radius 3 is 2.72 bits per heavy atom. The molecular formula is C14H16BrNO2. The minimum atomic E-state index is -0.311. The molecule has 0 radical (unpaired) electrons. The predicted octanol–water partition coefficient (Wildman–Crippen LogP) is 2.38. The van der Waals surface area contributed by atoms with Gasteiger partial charge in [-0.3, -0.25) is 4.79 Å². The number of halogens is 1. The molecule has 2 heterocycles. The number of piperidine rings is 1. The Hall–Kier alpha value is -1.03. The number of hydrogen-bond donors (Lipinski definition) is 0. The second-order valence-electron chi connectivity index (χ2n) is 4.92. The summed E-state index contributed by atoms with van der Waals surface area (Å²) in [6, 6.07) is 7.91. The fourth-order valence-corrected chi connectivity index (χ4v) is 3.00. The first kappa shape index (κ1) is 12.0. The lowest BCUT2D eigenvalue weighted by molar-refractivity contribution is -0.138. The molecule has 0 bridgehead atoms. The van der Waals surface area contributed by atoms with E-state index in [0.717, 1.165) is 37.2 Å². The molecule has 2 aliphatic rings. The van der Waals surface area contributed by atoms with E-state index < -0.39 is 0 Å². The van der Waals surface area contributed by atoms with Gasteiger partial charge in [0.1, 0.15) is 5.75 Å². The van der Waals surface area contributed by atoms with E-state index in [4.69, 9.17) is 4.74 Å².